The first kappa shape index (κ1) is 23.4. The first-order chi connectivity index (χ1) is 14.5. The van der Waals surface area contributed by atoms with E-state index in [1.807, 2.05) is 19.1 Å². The predicted molar refractivity (Wildman–Crippen MR) is 122 cm³/mol. The van der Waals surface area contributed by atoms with Crippen LogP contribution in [0.5, 0.6) is 0 Å². The highest BCUT2D eigenvalue weighted by molar-refractivity contribution is 7.89. The van der Waals surface area contributed by atoms with Crippen molar-refractivity contribution in [2.24, 2.45) is 0 Å². The summed E-state index contributed by atoms with van der Waals surface area (Å²) in [7, 11) is -3.67. The molecule has 1 fully saturated rings. The van der Waals surface area contributed by atoms with E-state index >= 15 is 0 Å². The predicted octanol–water partition coefficient (Wildman–Crippen LogP) is 3.80. The average Bonchev–Trinajstić information content (AvgIpc) is 2.74. The van der Waals surface area contributed by atoms with Crippen LogP contribution in [0.15, 0.2) is 47.4 Å². The van der Waals surface area contributed by atoms with Crippen LogP contribution in [0.1, 0.15) is 60.8 Å². The van der Waals surface area contributed by atoms with Gasteiger partial charge in [-0.3, -0.25) is 4.79 Å². The Bertz CT molecular complexity index is 1030. The molecule has 2 aromatic carbocycles. The average molecular weight is 445 g/mol. The van der Waals surface area contributed by atoms with Crippen LogP contribution < -0.4 is 5.32 Å². The van der Waals surface area contributed by atoms with Gasteiger partial charge >= 0.3 is 0 Å². The molecule has 1 atom stereocenters. The molecule has 1 N–H and O–H groups in total. The SMILES string of the molecule is Cc1ccc(C(=O)N[C@H](C)c2ccc(C(C)(C)C)cc2)cc1S(=O)(=O)N1CCOCC1. The maximum atomic E-state index is 13.1. The van der Waals surface area contributed by atoms with E-state index in [0.29, 0.717) is 37.4 Å². The minimum atomic E-state index is -3.67. The molecule has 168 valence electrons. The number of nitrogens with one attached hydrogen (secondary N) is 1. The van der Waals surface area contributed by atoms with Crippen molar-refractivity contribution < 1.29 is 17.9 Å². The normalized spacial score (nSPS) is 16.7. The van der Waals surface area contributed by atoms with Gasteiger partial charge < -0.3 is 10.1 Å². The van der Waals surface area contributed by atoms with Crippen molar-refractivity contribution in [1.29, 1.82) is 0 Å². The van der Waals surface area contributed by atoms with Gasteiger partial charge in [-0.25, -0.2) is 8.42 Å². The highest BCUT2D eigenvalue weighted by Gasteiger charge is 2.28. The molecule has 1 aliphatic rings. The lowest BCUT2D eigenvalue weighted by Crippen LogP contribution is -2.41. The van der Waals surface area contributed by atoms with Crippen LogP contribution in [0.3, 0.4) is 0 Å². The third-order valence-electron chi connectivity index (χ3n) is 5.66. The summed E-state index contributed by atoms with van der Waals surface area (Å²) in [6.45, 7) is 11.5. The Morgan fingerprint density at radius 1 is 1.06 bits per heavy atom. The molecule has 6 nitrogen and oxygen atoms in total. The standard InChI is InChI=1S/C24H32N2O4S/c1-17-6-7-20(16-22(17)31(28,29)26-12-14-30-15-13-26)23(27)25-18(2)19-8-10-21(11-9-19)24(3,4)5/h6-11,16,18H,12-15H2,1-5H3,(H,25,27)/t18-/m1/s1. The van der Waals surface area contributed by atoms with Crippen molar-refractivity contribution in [3.8, 4) is 0 Å². The van der Waals surface area contributed by atoms with E-state index in [9.17, 15) is 13.2 Å². The summed E-state index contributed by atoms with van der Waals surface area (Å²) in [5.41, 5.74) is 3.24. The number of ether oxygens (including phenoxy) is 1. The Labute approximate surface area is 185 Å². The van der Waals surface area contributed by atoms with Gasteiger partial charge in [-0.15, -0.1) is 0 Å². The van der Waals surface area contributed by atoms with Crippen LogP contribution >= 0.6 is 0 Å². The smallest absolute Gasteiger partial charge is 0.251 e. The summed E-state index contributed by atoms with van der Waals surface area (Å²) in [5, 5.41) is 2.98. The summed E-state index contributed by atoms with van der Waals surface area (Å²) in [5.74, 6) is -0.300. The van der Waals surface area contributed by atoms with E-state index in [1.165, 1.54) is 15.9 Å². The number of hydrogen-bond donors (Lipinski definition) is 1. The van der Waals surface area contributed by atoms with Crippen LogP contribution in [0.2, 0.25) is 0 Å². The fourth-order valence-corrected chi connectivity index (χ4v) is 5.24. The van der Waals surface area contributed by atoms with Crippen LogP contribution in [0.25, 0.3) is 0 Å². The lowest BCUT2D eigenvalue weighted by atomic mass is 9.86. The molecule has 0 unspecified atom stereocenters. The van der Waals surface area contributed by atoms with Gasteiger partial charge in [0, 0.05) is 18.7 Å². The second-order valence-electron chi connectivity index (χ2n) is 9.06. The zero-order valence-electron chi connectivity index (χ0n) is 18.9. The molecule has 1 amide bonds. The van der Waals surface area contributed by atoms with E-state index in [2.05, 4.69) is 38.2 Å². The van der Waals surface area contributed by atoms with Crippen molar-refractivity contribution in [2.75, 3.05) is 26.3 Å². The van der Waals surface area contributed by atoms with E-state index < -0.39 is 10.0 Å². The zero-order valence-corrected chi connectivity index (χ0v) is 19.8. The number of sulfonamides is 1. The van der Waals surface area contributed by atoms with Crippen molar-refractivity contribution in [2.45, 2.75) is 51.0 Å². The Kier molecular flexibility index (Phi) is 6.88. The maximum absolute atomic E-state index is 13.1. The van der Waals surface area contributed by atoms with Crippen LogP contribution in [-0.4, -0.2) is 44.9 Å². The van der Waals surface area contributed by atoms with E-state index in [4.69, 9.17) is 4.74 Å². The molecule has 2 aromatic rings. The highest BCUT2D eigenvalue weighted by atomic mass is 32.2. The van der Waals surface area contributed by atoms with Gasteiger partial charge in [0.2, 0.25) is 10.0 Å². The Morgan fingerprint density at radius 3 is 2.26 bits per heavy atom. The molecule has 1 heterocycles. The minimum Gasteiger partial charge on any atom is -0.379 e. The van der Waals surface area contributed by atoms with Crippen molar-refractivity contribution >= 4 is 15.9 Å². The summed E-state index contributed by atoms with van der Waals surface area (Å²) < 4.78 is 32.8. The number of carbonyl (C=O) groups is 1. The van der Waals surface area contributed by atoms with Gasteiger partial charge in [0.15, 0.2) is 0 Å². The molecule has 1 saturated heterocycles. The third kappa shape index (κ3) is 5.34. The lowest BCUT2D eigenvalue weighted by molar-refractivity contribution is 0.0730. The summed E-state index contributed by atoms with van der Waals surface area (Å²) in [6, 6.07) is 12.8. The van der Waals surface area contributed by atoms with Crippen molar-refractivity contribution in [3.63, 3.8) is 0 Å². The molecule has 7 heteroatoms. The summed E-state index contributed by atoms with van der Waals surface area (Å²) >= 11 is 0. The largest absolute Gasteiger partial charge is 0.379 e. The van der Waals surface area contributed by atoms with Crippen molar-refractivity contribution in [3.05, 3.63) is 64.7 Å². The van der Waals surface area contributed by atoms with Gasteiger partial charge in [0.25, 0.3) is 5.91 Å². The van der Waals surface area contributed by atoms with Crippen LogP contribution in [0.4, 0.5) is 0 Å². The quantitative estimate of drug-likeness (QED) is 0.761. The van der Waals surface area contributed by atoms with E-state index in [0.717, 1.165) is 5.56 Å². The number of morpholine rings is 1. The minimum absolute atomic E-state index is 0.0648. The monoisotopic (exact) mass is 444 g/mol. The number of rotatable bonds is 5. The van der Waals surface area contributed by atoms with Gasteiger partial charge in [0.05, 0.1) is 24.2 Å². The Balaban J connectivity index is 1.78. The fourth-order valence-electron chi connectivity index (χ4n) is 3.58. The molecule has 1 aliphatic heterocycles. The topological polar surface area (TPSA) is 75.7 Å². The summed E-state index contributed by atoms with van der Waals surface area (Å²) in [6.07, 6.45) is 0. The van der Waals surface area contributed by atoms with E-state index in [1.54, 1.807) is 19.1 Å². The Hall–Kier alpha value is -2.22. The second-order valence-corrected chi connectivity index (χ2v) is 11.0. The lowest BCUT2D eigenvalue weighted by Gasteiger charge is -2.27. The van der Waals surface area contributed by atoms with E-state index in [-0.39, 0.29) is 22.3 Å². The van der Waals surface area contributed by atoms with Gasteiger partial charge in [-0.05, 0) is 48.1 Å². The summed E-state index contributed by atoms with van der Waals surface area (Å²) in [4.78, 5) is 13.1. The molecule has 3 rings (SSSR count). The number of amides is 1. The second kappa shape index (κ2) is 9.10. The fraction of sp³-hybridized carbons (Fsp3) is 0.458. The molecule has 31 heavy (non-hydrogen) atoms. The molecule has 0 aromatic heterocycles. The number of benzene rings is 2. The molecule has 0 spiro atoms. The van der Waals surface area contributed by atoms with Gasteiger partial charge in [-0.2, -0.15) is 4.31 Å². The molecule has 0 saturated carbocycles. The Morgan fingerprint density at radius 2 is 1.68 bits per heavy atom. The highest BCUT2D eigenvalue weighted by Crippen LogP contribution is 2.25. The number of carbonyl (C=O) groups excluding carboxylic acids is 1. The van der Waals surface area contributed by atoms with Crippen LogP contribution in [-0.2, 0) is 20.2 Å². The van der Waals surface area contributed by atoms with Crippen LogP contribution in [0, 0.1) is 6.92 Å². The zero-order chi connectivity index (χ0) is 22.8. The first-order valence-electron chi connectivity index (χ1n) is 10.6. The number of nitrogens with zero attached hydrogens (tertiary/aromatic N) is 1. The number of hydrogen-bond acceptors (Lipinski definition) is 4. The first-order valence-corrected chi connectivity index (χ1v) is 12.0. The molecular formula is C24H32N2O4S. The van der Waals surface area contributed by atoms with Gasteiger partial charge in [0.1, 0.15) is 0 Å². The van der Waals surface area contributed by atoms with Crippen molar-refractivity contribution in [1.82, 2.24) is 9.62 Å². The number of aryl methyl sites for hydroxylation is 1. The molecule has 0 radical (unpaired) electrons. The molecular weight excluding hydrogens is 412 g/mol. The molecule has 0 aliphatic carbocycles. The molecule has 0 bridgehead atoms. The third-order valence-corrected chi connectivity index (χ3v) is 7.70. The van der Waals surface area contributed by atoms with Gasteiger partial charge in [-0.1, -0.05) is 51.1 Å². The maximum Gasteiger partial charge on any atom is 0.251 e.